The molecule has 0 aromatic carbocycles. The average Bonchev–Trinajstić information content (AvgIpc) is 3.05. The Bertz CT molecular complexity index is 940. The number of amides is 1. The molecular weight excluding hydrogens is 340 g/mol. The Hall–Kier alpha value is -2.67. The van der Waals surface area contributed by atoms with Gasteiger partial charge in [0.05, 0.1) is 17.8 Å². The van der Waals surface area contributed by atoms with Crippen molar-refractivity contribution >= 4 is 29.0 Å². The predicted molar refractivity (Wildman–Crippen MR) is 95.4 cm³/mol. The largest absolute Gasteiger partial charge is 0.369 e. The molecule has 1 aliphatic heterocycles. The normalized spacial score (nSPS) is 17.8. The summed E-state index contributed by atoms with van der Waals surface area (Å²) >= 11 is 6.01. The Morgan fingerprint density at radius 1 is 1.28 bits per heavy atom. The third-order valence-electron chi connectivity index (χ3n) is 4.52. The molecule has 0 unspecified atom stereocenters. The standard InChI is InChI=1S/C17H17ClN6O/c18-14-3-4-15-21-9-13(24(15)22-14)11-5-6-20-16(8-11)23-7-1-2-12(10-23)17(19)25/h3-6,8-9,12H,1-2,7,10H2,(H2,19,25)/t12-/m0/s1. The zero-order chi connectivity index (χ0) is 17.4. The highest BCUT2D eigenvalue weighted by Crippen LogP contribution is 2.26. The number of pyridine rings is 1. The van der Waals surface area contributed by atoms with E-state index < -0.39 is 0 Å². The van der Waals surface area contributed by atoms with E-state index in [2.05, 4.69) is 20.0 Å². The zero-order valence-electron chi connectivity index (χ0n) is 13.5. The van der Waals surface area contributed by atoms with Gasteiger partial charge in [-0.1, -0.05) is 11.6 Å². The van der Waals surface area contributed by atoms with Gasteiger partial charge in [0.1, 0.15) is 11.0 Å². The van der Waals surface area contributed by atoms with Crippen molar-refractivity contribution in [3.63, 3.8) is 0 Å². The first-order valence-corrected chi connectivity index (χ1v) is 8.50. The highest BCUT2D eigenvalue weighted by Gasteiger charge is 2.25. The molecular formula is C17H17ClN6O. The van der Waals surface area contributed by atoms with Crippen LogP contribution in [0.1, 0.15) is 12.8 Å². The number of primary amides is 1. The smallest absolute Gasteiger partial charge is 0.222 e. The number of aromatic nitrogens is 4. The lowest BCUT2D eigenvalue weighted by Crippen LogP contribution is -2.41. The van der Waals surface area contributed by atoms with Gasteiger partial charge in [-0.15, -0.1) is 0 Å². The maximum atomic E-state index is 11.5. The van der Waals surface area contributed by atoms with Crippen LogP contribution in [0.4, 0.5) is 5.82 Å². The number of hydrogen-bond acceptors (Lipinski definition) is 5. The summed E-state index contributed by atoms with van der Waals surface area (Å²) < 4.78 is 1.71. The summed E-state index contributed by atoms with van der Waals surface area (Å²) in [5, 5.41) is 4.72. The van der Waals surface area contributed by atoms with Crippen LogP contribution in [0.2, 0.25) is 5.15 Å². The molecule has 0 aliphatic carbocycles. The van der Waals surface area contributed by atoms with Crippen LogP contribution in [0.5, 0.6) is 0 Å². The molecule has 0 bridgehead atoms. The Balaban J connectivity index is 1.69. The van der Waals surface area contributed by atoms with E-state index in [1.165, 1.54) is 0 Å². The summed E-state index contributed by atoms with van der Waals surface area (Å²) in [5.41, 5.74) is 7.97. The Labute approximate surface area is 149 Å². The molecule has 2 N–H and O–H groups in total. The van der Waals surface area contributed by atoms with Gasteiger partial charge in [0.25, 0.3) is 0 Å². The second-order valence-electron chi connectivity index (χ2n) is 6.16. The quantitative estimate of drug-likeness (QED) is 0.776. The summed E-state index contributed by atoms with van der Waals surface area (Å²) in [4.78, 5) is 22.4. The van der Waals surface area contributed by atoms with Gasteiger partial charge in [-0.3, -0.25) is 4.79 Å². The minimum absolute atomic E-state index is 0.129. The van der Waals surface area contributed by atoms with Gasteiger partial charge in [0, 0.05) is 24.8 Å². The lowest BCUT2D eigenvalue weighted by atomic mass is 9.97. The molecule has 25 heavy (non-hydrogen) atoms. The Morgan fingerprint density at radius 2 is 2.16 bits per heavy atom. The average molecular weight is 357 g/mol. The van der Waals surface area contributed by atoms with Crippen molar-refractivity contribution in [1.82, 2.24) is 19.6 Å². The maximum Gasteiger partial charge on any atom is 0.222 e. The molecule has 1 saturated heterocycles. The molecule has 3 aromatic heterocycles. The van der Waals surface area contributed by atoms with E-state index in [1.54, 1.807) is 23.0 Å². The lowest BCUT2D eigenvalue weighted by Gasteiger charge is -2.32. The molecule has 7 nitrogen and oxygen atoms in total. The minimum Gasteiger partial charge on any atom is -0.369 e. The molecule has 128 valence electrons. The van der Waals surface area contributed by atoms with E-state index in [0.717, 1.165) is 42.1 Å². The van der Waals surface area contributed by atoms with Crippen molar-refractivity contribution < 1.29 is 4.79 Å². The second kappa shape index (κ2) is 6.33. The molecule has 4 rings (SSSR count). The van der Waals surface area contributed by atoms with Crippen molar-refractivity contribution in [3.8, 4) is 11.3 Å². The molecule has 8 heteroatoms. The van der Waals surface area contributed by atoms with Crippen molar-refractivity contribution in [2.75, 3.05) is 18.0 Å². The zero-order valence-corrected chi connectivity index (χ0v) is 14.2. The number of piperidine rings is 1. The van der Waals surface area contributed by atoms with Crippen molar-refractivity contribution in [2.24, 2.45) is 11.7 Å². The molecule has 4 heterocycles. The van der Waals surface area contributed by atoms with Crippen LogP contribution >= 0.6 is 11.6 Å². The molecule has 0 radical (unpaired) electrons. The van der Waals surface area contributed by atoms with Gasteiger partial charge >= 0.3 is 0 Å². The van der Waals surface area contributed by atoms with Gasteiger partial charge < -0.3 is 10.6 Å². The van der Waals surface area contributed by atoms with Gasteiger partial charge in [-0.2, -0.15) is 5.10 Å². The number of nitrogens with two attached hydrogens (primary N) is 1. The molecule has 0 spiro atoms. The number of carbonyl (C=O) groups is 1. The molecule has 3 aromatic rings. The van der Waals surface area contributed by atoms with E-state index in [9.17, 15) is 4.79 Å². The van der Waals surface area contributed by atoms with E-state index in [1.807, 2.05) is 18.2 Å². The van der Waals surface area contributed by atoms with Gasteiger partial charge in [0.2, 0.25) is 5.91 Å². The van der Waals surface area contributed by atoms with Crippen molar-refractivity contribution in [3.05, 3.63) is 41.8 Å². The SMILES string of the molecule is NC(=O)[C@H]1CCCN(c2cc(-c3cnc4ccc(Cl)nn34)ccn2)C1. The van der Waals surface area contributed by atoms with Crippen LogP contribution in [-0.4, -0.2) is 38.6 Å². The fraction of sp³-hybridized carbons (Fsp3) is 0.294. The third-order valence-corrected chi connectivity index (χ3v) is 4.72. The van der Waals surface area contributed by atoms with Crippen molar-refractivity contribution in [2.45, 2.75) is 12.8 Å². The number of anilines is 1. The highest BCUT2D eigenvalue weighted by atomic mass is 35.5. The maximum absolute atomic E-state index is 11.5. The predicted octanol–water partition coefficient (Wildman–Crippen LogP) is 2.15. The molecule has 0 saturated carbocycles. The van der Waals surface area contributed by atoms with E-state index in [-0.39, 0.29) is 11.8 Å². The van der Waals surface area contributed by atoms with Gasteiger partial charge in [0.15, 0.2) is 5.65 Å². The van der Waals surface area contributed by atoms with Crippen LogP contribution in [0.3, 0.4) is 0 Å². The third kappa shape index (κ3) is 3.02. The van der Waals surface area contributed by atoms with Crippen LogP contribution in [0.25, 0.3) is 16.9 Å². The first-order valence-electron chi connectivity index (χ1n) is 8.13. The summed E-state index contributed by atoms with van der Waals surface area (Å²) in [7, 11) is 0. The Morgan fingerprint density at radius 3 is 3.00 bits per heavy atom. The number of nitrogens with zero attached hydrogens (tertiary/aromatic N) is 5. The number of rotatable bonds is 3. The van der Waals surface area contributed by atoms with Gasteiger partial charge in [-0.25, -0.2) is 14.5 Å². The number of fused-ring (bicyclic) bond motifs is 1. The summed E-state index contributed by atoms with van der Waals surface area (Å²) in [5.74, 6) is 0.442. The number of imidazole rings is 1. The van der Waals surface area contributed by atoms with E-state index >= 15 is 0 Å². The summed E-state index contributed by atoms with van der Waals surface area (Å²) in [6.07, 6.45) is 5.27. The van der Waals surface area contributed by atoms with Crippen LogP contribution in [0, 0.1) is 5.92 Å². The van der Waals surface area contributed by atoms with Gasteiger partial charge in [-0.05, 0) is 37.1 Å². The lowest BCUT2D eigenvalue weighted by molar-refractivity contribution is -0.122. The molecule has 1 aliphatic rings. The van der Waals surface area contributed by atoms with Crippen molar-refractivity contribution in [1.29, 1.82) is 0 Å². The fourth-order valence-corrected chi connectivity index (χ4v) is 3.35. The summed E-state index contributed by atoms with van der Waals surface area (Å²) in [6.45, 7) is 1.46. The number of hydrogen-bond donors (Lipinski definition) is 1. The summed E-state index contributed by atoms with van der Waals surface area (Å²) in [6, 6.07) is 7.42. The van der Waals surface area contributed by atoms with Crippen LogP contribution in [-0.2, 0) is 4.79 Å². The van der Waals surface area contributed by atoms with E-state index in [0.29, 0.717) is 11.7 Å². The van der Waals surface area contributed by atoms with Crippen LogP contribution < -0.4 is 10.6 Å². The fourth-order valence-electron chi connectivity index (χ4n) is 3.22. The van der Waals surface area contributed by atoms with E-state index in [4.69, 9.17) is 17.3 Å². The monoisotopic (exact) mass is 356 g/mol. The number of halogens is 1. The molecule has 1 amide bonds. The topological polar surface area (TPSA) is 89.4 Å². The molecule has 1 fully saturated rings. The van der Waals surface area contributed by atoms with Crippen LogP contribution in [0.15, 0.2) is 36.7 Å². The first-order chi connectivity index (χ1) is 12.1. The highest BCUT2D eigenvalue weighted by molar-refractivity contribution is 6.29. The minimum atomic E-state index is -0.249. The first kappa shape index (κ1) is 15.8. The Kier molecular flexibility index (Phi) is 4.01. The second-order valence-corrected chi connectivity index (χ2v) is 6.55. The number of carbonyl (C=O) groups excluding carboxylic acids is 1. The molecule has 1 atom stereocenters.